The Bertz CT molecular complexity index is 1010. The summed E-state index contributed by atoms with van der Waals surface area (Å²) in [5.74, 6) is -0.499. The quantitative estimate of drug-likeness (QED) is 0.0322. The maximum atomic E-state index is 13.2. The van der Waals surface area contributed by atoms with Gasteiger partial charge in [0, 0.05) is 6.42 Å². The van der Waals surface area contributed by atoms with E-state index in [1.54, 1.807) is 0 Å². The molecule has 6 heteroatoms. The van der Waals surface area contributed by atoms with Crippen molar-refractivity contribution >= 4 is 11.9 Å². The summed E-state index contributed by atoms with van der Waals surface area (Å²) in [6.07, 6.45) is 57.8. The maximum Gasteiger partial charge on any atom is 0.306 e. The topological polar surface area (TPSA) is 95.9 Å². The molecule has 0 saturated heterocycles. The van der Waals surface area contributed by atoms with E-state index in [4.69, 9.17) is 4.74 Å². The van der Waals surface area contributed by atoms with Crippen LogP contribution in [0.5, 0.6) is 0 Å². The maximum absolute atomic E-state index is 13.2. The SMILES string of the molecule is CCCCC/C=C\C/C=C\C/C=C\CCCCC(CC(=O)NC(CO)C(O)CCCCCCCCCCCCC)OC(=O)CCCCCCCCCCCCCCCCCC. The van der Waals surface area contributed by atoms with E-state index < -0.39 is 18.2 Å². The predicted octanol–water partition coefficient (Wildman–Crippen LogP) is 16.1. The second-order valence-corrected chi connectivity index (χ2v) is 18.3. The highest BCUT2D eigenvalue weighted by molar-refractivity contribution is 5.77. The molecule has 0 aromatic carbocycles. The molecule has 0 bridgehead atoms. The van der Waals surface area contributed by atoms with Gasteiger partial charge in [0.1, 0.15) is 6.10 Å². The Morgan fingerprint density at radius 2 is 0.836 bits per heavy atom. The number of rotatable bonds is 48. The molecule has 358 valence electrons. The molecule has 61 heavy (non-hydrogen) atoms. The van der Waals surface area contributed by atoms with Gasteiger partial charge in [-0.3, -0.25) is 9.59 Å². The van der Waals surface area contributed by atoms with Crippen molar-refractivity contribution in [2.45, 2.75) is 296 Å². The fourth-order valence-electron chi connectivity index (χ4n) is 8.14. The van der Waals surface area contributed by atoms with Crippen molar-refractivity contribution in [1.29, 1.82) is 0 Å². The summed E-state index contributed by atoms with van der Waals surface area (Å²) in [5, 5.41) is 23.7. The van der Waals surface area contributed by atoms with E-state index in [2.05, 4.69) is 62.5 Å². The molecule has 0 aliphatic carbocycles. The Morgan fingerprint density at radius 3 is 1.28 bits per heavy atom. The Labute approximate surface area is 379 Å². The van der Waals surface area contributed by atoms with Gasteiger partial charge in [0.15, 0.2) is 0 Å². The number of nitrogens with one attached hydrogen (secondary N) is 1. The van der Waals surface area contributed by atoms with Gasteiger partial charge in [-0.15, -0.1) is 0 Å². The first-order valence-corrected chi connectivity index (χ1v) is 26.7. The molecule has 0 aliphatic rings. The molecule has 3 unspecified atom stereocenters. The fourth-order valence-corrected chi connectivity index (χ4v) is 8.14. The van der Waals surface area contributed by atoms with Crippen LogP contribution in [0.2, 0.25) is 0 Å². The third-order valence-corrected chi connectivity index (χ3v) is 12.2. The van der Waals surface area contributed by atoms with E-state index in [1.165, 1.54) is 161 Å². The minimum Gasteiger partial charge on any atom is -0.462 e. The van der Waals surface area contributed by atoms with Crippen molar-refractivity contribution < 1.29 is 24.5 Å². The molecule has 0 aromatic heterocycles. The molecule has 6 nitrogen and oxygen atoms in total. The third kappa shape index (κ3) is 44.5. The molecular formula is C55H103NO5. The van der Waals surface area contributed by atoms with Crippen LogP contribution in [-0.4, -0.2) is 46.9 Å². The first-order valence-electron chi connectivity index (χ1n) is 26.7. The molecule has 0 radical (unpaired) electrons. The molecule has 3 atom stereocenters. The molecule has 0 saturated carbocycles. The van der Waals surface area contributed by atoms with Crippen LogP contribution < -0.4 is 5.32 Å². The molecule has 1 amide bonds. The van der Waals surface area contributed by atoms with Gasteiger partial charge in [-0.05, 0) is 64.2 Å². The summed E-state index contributed by atoms with van der Waals surface area (Å²) in [6.45, 7) is 6.46. The highest BCUT2D eigenvalue weighted by Crippen LogP contribution is 2.18. The highest BCUT2D eigenvalue weighted by Gasteiger charge is 2.24. The van der Waals surface area contributed by atoms with Crippen molar-refractivity contribution in [1.82, 2.24) is 5.32 Å². The van der Waals surface area contributed by atoms with Gasteiger partial charge in [0.05, 0.1) is 25.2 Å². The zero-order valence-corrected chi connectivity index (χ0v) is 40.8. The van der Waals surface area contributed by atoms with Crippen molar-refractivity contribution in [3.63, 3.8) is 0 Å². The average Bonchev–Trinajstić information content (AvgIpc) is 3.25. The van der Waals surface area contributed by atoms with E-state index in [1.807, 2.05) is 0 Å². The lowest BCUT2D eigenvalue weighted by Gasteiger charge is -2.24. The number of allylic oxidation sites excluding steroid dienone is 6. The zero-order valence-electron chi connectivity index (χ0n) is 40.8. The summed E-state index contributed by atoms with van der Waals surface area (Å²) >= 11 is 0. The molecule has 0 aliphatic heterocycles. The Hall–Kier alpha value is -1.92. The van der Waals surface area contributed by atoms with Gasteiger partial charge < -0.3 is 20.3 Å². The number of aliphatic hydroxyl groups excluding tert-OH is 2. The van der Waals surface area contributed by atoms with Crippen LogP contribution in [0.4, 0.5) is 0 Å². The van der Waals surface area contributed by atoms with E-state index in [0.29, 0.717) is 19.3 Å². The smallest absolute Gasteiger partial charge is 0.306 e. The predicted molar refractivity (Wildman–Crippen MR) is 264 cm³/mol. The lowest BCUT2D eigenvalue weighted by Crippen LogP contribution is -2.46. The highest BCUT2D eigenvalue weighted by atomic mass is 16.5. The van der Waals surface area contributed by atoms with Crippen LogP contribution in [-0.2, 0) is 14.3 Å². The van der Waals surface area contributed by atoms with Crippen LogP contribution in [0.1, 0.15) is 278 Å². The van der Waals surface area contributed by atoms with Crippen molar-refractivity contribution in [3.8, 4) is 0 Å². The number of hydrogen-bond acceptors (Lipinski definition) is 5. The summed E-state index contributed by atoms with van der Waals surface area (Å²) in [5.41, 5.74) is 0. The Balaban J connectivity index is 4.61. The first kappa shape index (κ1) is 59.1. The summed E-state index contributed by atoms with van der Waals surface area (Å²) in [7, 11) is 0. The molecule has 0 rings (SSSR count). The van der Waals surface area contributed by atoms with Gasteiger partial charge in [-0.25, -0.2) is 0 Å². The van der Waals surface area contributed by atoms with Crippen molar-refractivity contribution in [3.05, 3.63) is 36.5 Å². The number of unbranched alkanes of at least 4 members (excludes halogenated alkanes) is 30. The zero-order chi connectivity index (χ0) is 44.5. The van der Waals surface area contributed by atoms with Gasteiger partial charge in [-0.2, -0.15) is 0 Å². The number of hydrogen-bond donors (Lipinski definition) is 3. The summed E-state index contributed by atoms with van der Waals surface area (Å²) < 4.78 is 5.93. The molecular weight excluding hydrogens is 755 g/mol. The molecule has 0 heterocycles. The van der Waals surface area contributed by atoms with E-state index in [-0.39, 0.29) is 24.9 Å². The average molecular weight is 858 g/mol. The van der Waals surface area contributed by atoms with Gasteiger partial charge >= 0.3 is 5.97 Å². The van der Waals surface area contributed by atoms with Crippen LogP contribution >= 0.6 is 0 Å². The molecule has 3 N–H and O–H groups in total. The lowest BCUT2D eigenvalue weighted by atomic mass is 10.0. The fraction of sp³-hybridized carbons (Fsp3) is 0.855. The Morgan fingerprint density at radius 1 is 0.475 bits per heavy atom. The van der Waals surface area contributed by atoms with E-state index in [0.717, 1.165) is 70.6 Å². The van der Waals surface area contributed by atoms with E-state index >= 15 is 0 Å². The van der Waals surface area contributed by atoms with Crippen LogP contribution in [0.25, 0.3) is 0 Å². The molecule has 0 fully saturated rings. The second-order valence-electron chi connectivity index (χ2n) is 18.3. The summed E-state index contributed by atoms with van der Waals surface area (Å²) in [4.78, 5) is 26.2. The van der Waals surface area contributed by atoms with Crippen molar-refractivity contribution in [2.75, 3.05) is 6.61 Å². The Kier molecular flexibility index (Phi) is 47.6. The van der Waals surface area contributed by atoms with Gasteiger partial charge in [-0.1, -0.05) is 237 Å². The van der Waals surface area contributed by atoms with Gasteiger partial charge in [0.25, 0.3) is 0 Å². The second kappa shape index (κ2) is 49.1. The van der Waals surface area contributed by atoms with E-state index in [9.17, 15) is 19.8 Å². The summed E-state index contributed by atoms with van der Waals surface area (Å²) in [6, 6.07) is -0.710. The normalized spacial score (nSPS) is 13.5. The number of aliphatic hydroxyl groups is 2. The van der Waals surface area contributed by atoms with Crippen LogP contribution in [0.15, 0.2) is 36.5 Å². The molecule has 0 spiro atoms. The monoisotopic (exact) mass is 858 g/mol. The lowest BCUT2D eigenvalue weighted by molar-refractivity contribution is -0.151. The third-order valence-electron chi connectivity index (χ3n) is 12.2. The van der Waals surface area contributed by atoms with Crippen LogP contribution in [0, 0.1) is 0 Å². The largest absolute Gasteiger partial charge is 0.462 e. The number of carbonyl (C=O) groups excluding carboxylic acids is 2. The number of ether oxygens (including phenoxy) is 1. The van der Waals surface area contributed by atoms with Crippen molar-refractivity contribution in [2.24, 2.45) is 0 Å². The van der Waals surface area contributed by atoms with Crippen LogP contribution in [0.3, 0.4) is 0 Å². The minimum absolute atomic E-state index is 0.0556. The number of esters is 1. The van der Waals surface area contributed by atoms with Gasteiger partial charge in [0.2, 0.25) is 5.91 Å². The number of amides is 1. The standard InChI is InChI=1S/C55H103NO5/c1-4-7-10-13-16-19-22-24-26-28-30-33-36-39-42-45-48-55(60)61-51(46-43-40-37-34-32-29-27-25-23-20-17-14-11-8-5-2)49-54(59)56-52(50-57)53(58)47-44-41-38-35-31-21-18-15-12-9-6-3/h17,20,25,27,32,34,51-53,57-58H,4-16,18-19,21-24,26,28-31,33,35-50H2,1-3H3,(H,56,59)/b20-17-,27-25-,34-32-. The minimum atomic E-state index is -0.794. The first-order chi connectivity index (χ1) is 30.0. The number of carbonyl (C=O) groups is 2. The molecule has 0 aromatic rings.